The largest absolute Gasteiger partial charge is 0.756 e. The quantitative estimate of drug-likeness (QED) is 0.0256. The van der Waals surface area contributed by atoms with Gasteiger partial charge in [0.25, 0.3) is 7.82 Å². The highest BCUT2D eigenvalue weighted by Gasteiger charge is 2.39. The van der Waals surface area contributed by atoms with E-state index in [1.807, 2.05) is 41.3 Å². The van der Waals surface area contributed by atoms with Gasteiger partial charge in [0.15, 0.2) is 16.6 Å². The Balaban J connectivity index is 4.53. The van der Waals surface area contributed by atoms with Crippen LogP contribution in [0.1, 0.15) is 26.7 Å². The first kappa shape index (κ1) is 52.1. The van der Waals surface area contributed by atoms with Crippen molar-refractivity contribution < 1.29 is 73.3 Å². The van der Waals surface area contributed by atoms with Crippen LogP contribution >= 0.6 is 15.6 Å². The molecule has 0 aliphatic carbocycles. The Morgan fingerprint density at radius 1 is 0.623 bits per heavy atom. The molecule has 0 saturated heterocycles. The summed E-state index contributed by atoms with van der Waals surface area (Å²) < 4.78 is 69.5. The lowest BCUT2D eigenvalue weighted by molar-refractivity contribution is -0.890. The molecule has 21 heteroatoms. The van der Waals surface area contributed by atoms with Gasteiger partial charge in [-0.25, -0.2) is 14.2 Å². The maximum atomic E-state index is 12.4. The number of carbonyl (C=O) groups excluding carboxylic acids is 2. The minimum absolute atomic E-state index is 0.0115. The van der Waals surface area contributed by atoms with Crippen LogP contribution in [-0.4, -0.2) is 145 Å². The van der Waals surface area contributed by atoms with Gasteiger partial charge in [0.2, 0.25) is 0 Å². The van der Waals surface area contributed by atoms with Crippen molar-refractivity contribution in [1.82, 2.24) is 0 Å². The molecule has 0 radical (unpaired) electrons. The van der Waals surface area contributed by atoms with Crippen LogP contribution in [0.4, 0.5) is 0 Å². The van der Waals surface area contributed by atoms with Gasteiger partial charge in [0.05, 0.1) is 41.4 Å². The van der Waals surface area contributed by atoms with Crippen LogP contribution in [0.2, 0.25) is 51.4 Å². The average molecular weight is 852 g/mol. The Hall–Kier alpha value is -0.869. The smallest absolute Gasteiger partial charge is 0.472 e. The number of quaternary nitrogens is 2. The highest BCUT2D eigenvalue weighted by atomic mass is 31.2. The summed E-state index contributed by atoms with van der Waals surface area (Å²) in [5.74, 6) is -0.919. The van der Waals surface area contributed by atoms with E-state index in [4.69, 9.17) is 35.8 Å². The summed E-state index contributed by atoms with van der Waals surface area (Å²) in [7, 11) is -8.27. The lowest BCUT2D eigenvalue weighted by Gasteiger charge is -2.39. The number of likely N-dealkylation sites (N-methyl/N-ethyl adjacent to an activating group) is 2. The molecule has 0 fully saturated rings. The first-order valence-electron chi connectivity index (χ1n) is 17.8. The standard InChI is InChI=1S/C32H68N2O14P2Si3/c1-29(2)31(35)41-23-17-33(5,6)19-25-45-49(37,38)43-21-15-27-51(9,10)47-53(13,14)48-52(11,12)28-16-22-44-50(39,40)46-26-20-34(7,8)18-24-42-32(36)30(3)4/h1,3,15-28H2,2,4-14H3/p+1. The van der Waals surface area contributed by atoms with Crippen LogP contribution in [0.5, 0.6) is 0 Å². The third-order valence-electron chi connectivity index (χ3n) is 7.85. The Morgan fingerprint density at radius 2 is 0.943 bits per heavy atom. The van der Waals surface area contributed by atoms with E-state index in [0.717, 1.165) is 0 Å². The van der Waals surface area contributed by atoms with Gasteiger partial charge in [0, 0.05) is 11.1 Å². The molecule has 0 aromatic rings. The SMILES string of the molecule is C=C(C)C(=O)OCC[N+](C)(C)CCOP(=O)([O-])OCCC[Si](C)(C)O[Si](C)(C)O[Si](C)(C)CCCOP(=O)(O)OCC[N+](C)(C)CCOC(=O)C(=C)C. The zero-order chi connectivity index (χ0) is 41.4. The molecule has 16 nitrogen and oxygen atoms in total. The van der Waals surface area contributed by atoms with E-state index in [9.17, 15) is 28.5 Å². The number of phosphoric acid groups is 2. The van der Waals surface area contributed by atoms with Crippen LogP contribution in [0.3, 0.4) is 0 Å². The Kier molecular flexibility index (Phi) is 22.4. The third kappa shape index (κ3) is 27.4. The van der Waals surface area contributed by atoms with Crippen LogP contribution in [0.25, 0.3) is 0 Å². The van der Waals surface area contributed by atoms with Gasteiger partial charge in [-0.1, -0.05) is 13.2 Å². The van der Waals surface area contributed by atoms with E-state index < -0.39 is 52.8 Å². The van der Waals surface area contributed by atoms with Crippen molar-refractivity contribution in [2.75, 3.05) is 94.0 Å². The highest BCUT2D eigenvalue weighted by molar-refractivity contribution is 7.47. The number of rotatable bonds is 30. The van der Waals surface area contributed by atoms with Crippen LogP contribution in [0, 0.1) is 0 Å². The molecule has 312 valence electrons. The number of hydrogen-bond acceptors (Lipinski definition) is 13. The third-order valence-corrected chi connectivity index (χ3v) is 21.3. The summed E-state index contributed by atoms with van der Waals surface area (Å²) in [5.41, 5.74) is 0.642. The van der Waals surface area contributed by atoms with Crippen molar-refractivity contribution in [3.8, 4) is 0 Å². The fourth-order valence-corrected chi connectivity index (χ4v) is 20.4. The minimum atomic E-state index is -4.49. The van der Waals surface area contributed by atoms with E-state index in [0.29, 0.717) is 71.2 Å². The fraction of sp³-hybridized carbons (Fsp3) is 0.812. The molecular weight excluding hydrogens is 783 g/mol. The number of nitrogens with zero attached hydrogens (tertiary/aromatic N) is 2. The molecular formula is C32H69N2O14P2Si3+. The monoisotopic (exact) mass is 851 g/mol. The molecule has 53 heavy (non-hydrogen) atoms. The van der Waals surface area contributed by atoms with Crippen molar-refractivity contribution in [2.24, 2.45) is 0 Å². The topological polar surface area (TPSA) is 185 Å². The maximum absolute atomic E-state index is 12.4. The van der Waals surface area contributed by atoms with Crippen LogP contribution in [-0.2, 0) is 54.5 Å². The summed E-state index contributed by atoms with van der Waals surface area (Å²) in [4.78, 5) is 45.6. The van der Waals surface area contributed by atoms with Crippen molar-refractivity contribution in [1.29, 1.82) is 0 Å². The minimum Gasteiger partial charge on any atom is -0.756 e. The Labute approximate surface area is 321 Å². The van der Waals surface area contributed by atoms with Crippen molar-refractivity contribution in [3.63, 3.8) is 0 Å². The van der Waals surface area contributed by atoms with Gasteiger partial charge in [0.1, 0.15) is 52.6 Å². The van der Waals surface area contributed by atoms with Gasteiger partial charge in [-0.15, -0.1) is 0 Å². The van der Waals surface area contributed by atoms with Crippen molar-refractivity contribution in [3.05, 3.63) is 24.3 Å². The predicted octanol–water partition coefficient (Wildman–Crippen LogP) is 4.94. The fourth-order valence-electron chi connectivity index (χ4n) is 4.92. The second-order valence-corrected chi connectivity index (χ2v) is 31.5. The van der Waals surface area contributed by atoms with Crippen molar-refractivity contribution in [2.45, 2.75) is 78.1 Å². The zero-order valence-corrected chi connectivity index (χ0v) is 39.1. The molecule has 0 aliphatic rings. The molecule has 0 bridgehead atoms. The first-order chi connectivity index (χ1) is 23.9. The lowest BCUT2D eigenvalue weighted by atomic mass is 10.4. The number of phosphoric ester groups is 2. The molecule has 0 saturated carbocycles. The number of ether oxygens (including phenoxy) is 2. The van der Waals surface area contributed by atoms with Crippen LogP contribution < -0.4 is 4.89 Å². The molecule has 0 rings (SSSR count). The molecule has 0 amide bonds. The van der Waals surface area contributed by atoms with E-state index in [1.54, 1.807) is 13.8 Å². The second-order valence-electron chi connectivity index (χ2n) is 16.2. The normalized spacial score (nSPS) is 15.4. The van der Waals surface area contributed by atoms with Gasteiger partial charge < -0.3 is 45.5 Å². The second kappa shape index (κ2) is 22.8. The lowest BCUT2D eigenvalue weighted by Crippen LogP contribution is -2.52. The van der Waals surface area contributed by atoms with E-state index >= 15 is 0 Å². The molecule has 0 heterocycles. The van der Waals surface area contributed by atoms with Gasteiger partial charge >= 0.3 is 28.3 Å². The molecule has 0 aromatic heterocycles. The molecule has 2 unspecified atom stereocenters. The van der Waals surface area contributed by atoms with E-state index in [2.05, 4.69) is 39.3 Å². The summed E-state index contributed by atoms with van der Waals surface area (Å²) in [5, 5.41) is 0. The molecule has 0 aliphatic heterocycles. The summed E-state index contributed by atoms with van der Waals surface area (Å²) in [6.07, 6.45) is 0.974. The summed E-state index contributed by atoms with van der Waals surface area (Å²) in [6, 6.07) is 1.33. The maximum Gasteiger partial charge on any atom is 0.472 e. The summed E-state index contributed by atoms with van der Waals surface area (Å²) in [6.45, 7) is 24.5. The Morgan fingerprint density at radius 3 is 1.34 bits per heavy atom. The molecule has 2 atom stereocenters. The number of esters is 2. The molecule has 1 N–H and O–H groups in total. The first-order valence-corrected chi connectivity index (χ1v) is 29.8. The number of carbonyl (C=O) groups is 2. The Bertz CT molecular complexity index is 1200. The zero-order valence-electron chi connectivity index (χ0n) is 34.4. The molecule has 0 spiro atoms. The van der Waals surface area contributed by atoms with Gasteiger partial charge in [-0.2, -0.15) is 0 Å². The van der Waals surface area contributed by atoms with Gasteiger partial charge in [-0.3, -0.25) is 13.6 Å². The molecule has 0 aromatic carbocycles. The van der Waals surface area contributed by atoms with Crippen molar-refractivity contribution >= 4 is 52.8 Å². The van der Waals surface area contributed by atoms with E-state index in [1.165, 1.54) is 0 Å². The predicted molar refractivity (Wildman–Crippen MR) is 210 cm³/mol. The van der Waals surface area contributed by atoms with Gasteiger partial charge in [-0.05, 0) is 78.1 Å². The van der Waals surface area contributed by atoms with E-state index in [-0.39, 0.29) is 39.6 Å². The highest BCUT2D eigenvalue weighted by Crippen LogP contribution is 2.43. The number of hydrogen-bond donors (Lipinski definition) is 1. The summed E-state index contributed by atoms with van der Waals surface area (Å²) >= 11 is 0. The van der Waals surface area contributed by atoms with Crippen LogP contribution in [0.15, 0.2) is 24.3 Å². The average Bonchev–Trinajstić information content (AvgIpc) is 2.95.